The third-order valence-electron chi connectivity index (χ3n) is 1.69. The summed E-state index contributed by atoms with van der Waals surface area (Å²) in [5.74, 6) is -1.84. The average Bonchev–Trinajstić information content (AvgIpc) is 2.11. The van der Waals surface area contributed by atoms with Gasteiger partial charge in [0, 0.05) is 12.3 Å². The van der Waals surface area contributed by atoms with E-state index in [1.54, 1.807) is 25.2 Å². The Morgan fingerprint density at radius 2 is 2.00 bits per heavy atom. The summed E-state index contributed by atoms with van der Waals surface area (Å²) in [6.07, 6.45) is 8.06. The van der Waals surface area contributed by atoms with Crippen LogP contribution in [0.1, 0.15) is 20.3 Å². The first-order chi connectivity index (χ1) is 6.04. The summed E-state index contributed by atoms with van der Waals surface area (Å²) in [7, 11) is 0. The van der Waals surface area contributed by atoms with Gasteiger partial charge in [-0.1, -0.05) is 32.1 Å². The fraction of sp³-hybridized carbons (Fsp3) is 0.500. The normalized spacial score (nSPS) is 23.2. The van der Waals surface area contributed by atoms with E-state index in [9.17, 15) is 4.79 Å². The first kappa shape index (κ1) is 12.1. The quantitative estimate of drug-likeness (QED) is 0.472. The Labute approximate surface area is 78.4 Å². The fourth-order valence-electron chi connectivity index (χ4n) is 0.721. The Morgan fingerprint density at radius 3 is 2.23 bits per heavy atom. The van der Waals surface area contributed by atoms with Gasteiger partial charge >= 0.3 is 0 Å². The predicted octanol–water partition coefficient (Wildman–Crippen LogP) is 1.02. The summed E-state index contributed by atoms with van der Waals surface area (Å²) in [6.45, 7) is 3.56. The zero-order valence-electron chi connectivity index (χ0n) is 7.97. The summed E-state index contributed by atoms with van der Waals surface area (Å²) in [5.41, 5.74) is 0. The van der Waals surface area contributed by atoms with Gasteiger partial charge in [0.05, 0.1) is 0 Å². The highest BCUT2D eigenvalue weighted by Gasteiger charge is 2.26. The van der Waals surface area contributed by atoms with Crippen LogP contribution >= 0.6 is 0 Å². The molecule has 0 aromatic rings. The van der Waals surface area contributed by atoms with Gasteiger partial charge in [-0.25, -0.2) is 0 Å². The highest BCUT2D eigenvalue weighted by molar-refractivity contribution is 5.48. The Bertz CT molecular complexity index is 204. The largest absolute Gasteiger partial charge is 0.362 e. The summed E-state index contributed by atoms with van der Waals surface area (Å²) in [4.78, 5) is 9.17. The molecule has 0 spiro atoms. The van der Waals surface area contributed by atoms with Crippen molar-refractivity contribution in [3.63, 3.8) is 0 Å². The van der Waals surface area contributed by atoms with E-state index in [0.717, 1.165) is 6.29 Å². The first-order valence-corrected chi connectivity index (χ1v) is 4.29. The lowest BCUT2D eigenvalue weighted by atomic mass is 9.96. The number of hydrogen-bond acceptors (Lipinski definition) is 3. The van der Waals surface area contributed by atoms with Gasteiger partial charge in [-0.3, -0.25) is 0 Å². The zero-order valence-corrected chi connectivity index (χ0v) is 7.97. The molecule has 0 bridgehead atoms. The summed E-state index contributed by atoms with van der Waals surface area (Å²) < 4.78 is 0. The number of carbonyl (C=O) groups excluding carboxylic acids is 1. The van der Waals surface area contributed by atoms with Crippen LogP contribution in [0.2, 0.25) is 0 Å². The van der Waals surface area contributed by atoms with Gasteiger partial charge in [0.1, 0.15) is 6.29 Å². The minimum absolute atomic E-state index is 0.206. The van der Waals surface area contributed by atoms with E-state index in [1.165, 1.54) is 6.08 Å². The molecule has 0 saturated carbocycles. The van der Waals surface area contributed by atoms with E-state index in [4.69, 9.17) is 10.2 Å². The van der Waals surface area contributed by atoms with Gasteiger partial charge in [-0.05, 0) is 6.08 Å². The lowest BCUT2D eigenvalue weighted by molar-refractivity contribution is -0.143. The molecule has 3 heteroatoms. The predicted molar refractivity (Wildman–Crippen MR) is 51.0 cm³/mol. The maximum absolute atomic E-state index is 9.17. The van der Waals surface area contributed by atoms with Gasteiger partial charge in [0.2, 0.25) is 0 Å². The van der Waals surface area contributed by atoms with Crippen molar-refractivity contribution in [3.8, 4) is 0 Å². The molecule has 13 heavy (non-hydrogen) atoms. The minimum atomic E-state index is -1.63. The third-order valence-corrected chi connectivity index (χ3v) is 1.69. The Kier molecular flexibility index (Phi) is 5.26. The van der Waals surface area contributed by atoms with Crippen LogP contribution in [0.4, 0.5) is 0 Å². The Hall–Kier alpha value is -0.930. The molecule has 3 nitrogen and oxygen atoms in total. The second-order valence-corrected chi connectivity index (χ2v) is 2.89. The molecular weight excluding hydrogens is 168 g/mol. The van der Waals surface area contributed by atoms with Crippen molar-refractivity contribution >= 4 is 6.29 Å². The average molecular weight is 184 g/mol. The van der Waals surface area contributed by atoms with Gasteiger partial charge in [-0.2, -0.15) is 0 Å². The van der Waals surface area contributed by atoms with Crippen molar-refractivity contribution in [2.75, 3.05) is 0 Å². The maximum Gasteiger partial charge on any atom is 0.189 e. The minimum Gasteiger partial charge on any atom is -0.362 e. The number of aliphatic hydroxyl groups is 2. The van der Waals surface area contributed by atoms with Crippen molar-refractivity contribution in [3.05, 3.63) is 24.3 Å². The summed E-state index contributed by atoms with van der Waals surface area (Å²) in [5, 5.41) is 18.1. The maximum atomic E-state index is 9.17. The molecule has 0 saturated heterocycles. The molecule has 0 aliphatic heterocycles. The number of hydrogen-bond donors (Lipinski definition) is 2. The monoisotopic (exact) mass is 184 g/mol. The van der Waals surface area contributed by atoms with Crippen LogP contribution in [0.15, 0.2) is 24.3 Å². The van der Waals surface area contributed by atoms with Crippen molar-refractivity contribution in [2.45, 2.75) is 26.1 Å². The lowest BCUT2D eigenvalue weighted by Gasteiger charge is -2.24. The molecule has 0 aromatic carbocycles. The second-order valence-electron chi connectivity index (χ2n) is 2.89. The fourth-order valence-corrected chi connectivity index (χ4v) is 0.721. The van der Waals surface area contributed by atoms with Gasteiger partial charge in [-0.15, -0.1) is 0 Å². The van der Waals surface area contributed by atoms with Crippen LogP contribution in [-0.4, -0.2) is 22.3 Å². The molecule has 2 N–H and O–H groups in total. The molecule has 1 atom stereocenters. The smallest absolute Gasteiger partial charge is 0.189 e. The van der Waals surface area contributed by atoms with Crippen molar-refractivity contribution in [1.82, 2.24) is 0 Å². The second kappa shape index (κ2) is 5.67. The van der Waals surface area contributed by atoms with Crippen molar-refractivity contribution < 1.29 is 15.0 Å². The molecule has 0 amide bonds. The number of carbonyl (C=O) groups is 1. The van der Waals surface area contributed by atoms with Crippen LogP contribution in [0, 0.1) is 5.92 Å². The zero-order chi connectivity index (χ0) is 10.3. The van der Waals surface area contributed by atoms with Crippen LogP contribution in [0.5, 0.6) is 0 Å². The Morgan fingerprint density at radius 1 is 1.46 bits per heavy atom. The standard InChI is InChI=1S/C7H10O2.C3H6O/c1-6-4-2-3-5-7(6,8)9;1-2-3-4/h2-6,8-9H,1H3;3H,2H2,1H3. The van der Waals surface area contributed by atoms with E-state index >= 15 is 0 Å². The number of allylic oxidation sites excluding steroid dienone is 2. The van der Waals surface area contributed by atoms with E-state index in [0.29, 0.717) is 6.42 Å². The van der Waals surface area contributed by atoms with Crippen LogP contribution < -0.4 is 0 Å². The van der Waals surface area contributed by atoms with Crippen LogP contribution in [0.3, 0.4) is 0 Å². The summed E-state index contributed by atoms with van der Waals surface area (Å²) >= 11 is 0. The van der Waals surface area contributed by atoms with E-state index in [2.05, 4.69) is 0 Å². The first-order valence-electron chi connectivity index (χ1n) is 4.29. The molecule has 0 radical (unpaired) electrons. The van der Waals surface area contributed by atoms with E-state index in [1.807, 2.05) is 6.92 Å². The molecule has 1 unspecified atom stereocenters. The number of rotatable bonds is 1. The van der Waals surface area contributed by atoms with Gasteiger partial charge < -0.3 is 15.0 Å². The molecular formula is C10H16O3. The summed E-state index contributed by atoms with van der Waals surface area (Å²) in [6, 6.07) is 0. The molecule has 0 aromatic heterocycles. The van der Waals surface area contributed by atoms with Crippen molar-refractivity contribution in [1.29, 1.82) is 0 Å². The van der Waals surface area contributed by atoms with Gasteiger partial charge in [0.25, 0.3) is 0 Å². The molecule has 0 heterocycles. The van der Waals surface area contributed by atoms with Gasteiger partial charge in [0.15, 0.2) is 5.79 Å². The van der Waals surface area contributed by atoms with Crippen LogP contribution in [-0.2, 0) is 4.79 Å². The van der Waals surface area contributed by atoms with E-state index < -0.39 is 5.79 Å². The third kappa shape index (κ3) is 4.60. The van der Waals surface area contributed by atoms with Crippen molar-refractivity contribution in [2.24, 2.45) is 5.92 Å². The van der Waals surface area contributed by atoms with Crippen LogP contribution in [0.25, 0.3) is 0 Å². The highest BCUT2D eigenvalue weighted by Crippen LogP contribution is 2.20. The number of aldehydes is 1. The topological polar surface area (TPSA) is 57.5 Å². The molecule has 1 aliphatic rings. The molecule has 0 fully saturated rings. The SMILES string of the molecule is CC1C=CC=CC1(O)O.CCC=O. The van der Waals surface area contributed by atoms with E-state index in [-0.39, 0.29) is 5.92 Å². The molecule has 1 aliphatic carbocycles. The highest BCUT2D eigenvalue weighted by atomic mass is 16.5. The molecule has 1 rings (SSSR count). The lowest BCUT2D eigenvalue weighted by Crippen LogP contribution is -2.33. The Balaban J connectivity index is 0.000000310. The molecule has 74 valence electrons.